The SMILES string of the molecule is COc1ccc(C2c3ccsc3CCN2CC(=O)N2CCN(C(=O)Cc3cccs3)C(C)C2)cc1. The third-order valence-corrected chi connectivity index (χ3v) is 8.91. The van der Waals surface area contributed by atoms with E-state index in [4.69, 9.17) is 4.74 Å². The van der Waals surface area contributed by atoms with Crippen LogP contribution in [0.3, 0.4) is 0 Å². The molecule has 0 saturated carbocycles. The van der Waals surface area contributed by atoms with E-state index in [0.717, 1.165) is 23.6 Å². The maximum absolute atomic E-state index is 13.4. The molecule has 2 aliphatic heterocycles. The van der Waals surface area contributed by atoms with E-state index in [9.17, 15) is 9.59 Å². The summed E-state index contributed by atoms with van der Waals surface area (Å²) in [6.07, 6.45) is 1.41. The van der Waals surface area contributed by atoms with Crippen LogP contribution in [-0.4, -0.2) is 72.4 Å². The van der Waals surface area contributed by atoms with E-state index in [-0.39, 0.29) is 23.9 Å². The molecule has 184 valence electrons. The molecule has 0 spiro atoms. The summed E-state index contributed by atoms with van der Waals surface area (Å²) in [5.41, 5.74) is 2.48. The van der Waals surface area contributed by atoms with E-state index in [1.807, 2.05) is 46.4 Å². The Kier molecular flexibility index (Phi) is 7.22. The zero-order chi connectivity index (χ0) is 24.4. The Labute approximate surface area is 214 Å². The largest absolute Gasteiger partial charge is 0.497 e. The minimum absolute atomic E-state index is 0.0161. The third-order valence-electron chi connectivity index (χ3n) is 7.04. The van der Waals surface area contributed by atoms with Crippen molar-refractivity contribution in [2.24, 2.45) is 0 Å². The summed E-state index contributed by atoms with van der Waals surface area (Å²) < 4.78 is 5.35. The number of hydrogen-bond donors (Lipinski definition) is 0. The topological polar surface area (TPSA) is 53.1 Å². The summed E-state index contributed by atoms with van der Waals surface area (Å²) in [5.74, 6) is 1.12. The van der Waals surface area contributed by atoms with Gasteiger partial charge in [0.15, 0.2) is 0 Å². The van der Waals surface area contributed by atoms with Crippen molar-refractivity contribution in [3.63, 3.8) is 0 Å². The fourth-order valence-electron chi connectivity index (χ4n) is 5.21. The van der Waals surface area contributed by atoms with Crippen LogP contribution in [0.2, 0.25) is 0 Å². The van der Waals surface area contributed by atoms with Crippen LogP contribution in [0.15, 0.2) is 53.2 Å². The van der Waals surface area contributed by atoms with Crippen LogP contribution in [0.4, 0.5) is 0 Å². The second-order valence-corrected chi connectivity index (χ2v) is 11.3. The maximum atomic E-state index is 13.4. The third kappa shape index (κ3) is 5.15. The number of benzene rings is 1. The molecule has 2 aliphatic rings. The second kappa shape index (κ2) is 10.5. The molecule has 0 N–H and O–H groups in total. The second-order valence-electron chi connectivity index (χ2n) is 9.23. The van der Waals surface area contributed by atoms with E-state index in [0.29, 0.717) is 32.6 Å². The van der Waals surface area contributed by atoms with Gasteiger partial charge in [0.2, 0.25) is 11.8 Å². The van der Waals surface area contributed by atoms with E-state index in [1.54, 1.807) is 29.8 Å². The van der Waals surface area contributed by atoms with Crippen molar-refractivity contribution < 1.29 is 14.3 Å². The molecule has 6 nitrogen and oxygen atoms in total. The molecule has 0 bridgehead atoms. The van der Waals surface area contributed by atoms with Crippen LogP contribution < -0.4 is 4.74 Å². The van der Waals surface area contributed by atoms with Crippen molar-refractivity contribution in [1.29, 1.82) is 0 Å². The molecular weight excluding hydrogens is 478 g/mol. The molecule has 0 aliphatic carbocycles. The van der Waals surface area contributed by atoms with E-state index < -0.39 is 0 Å². The van der Waals surface area contributed by atoms with Gasteiger partial charge in [-0.05, 0) is 59.5 Å². The highest BCUT2D eigenvalue weighted by molar-refractivity contribution is 7.10. The number of thiophene rings is 2. The highest BCUT2D eigenvalue weighted by Gasteiger charge is 2.34. The summed E-state index contributed by atoms with van der Waals surface area (Å²) in [7, 11) is 1.67. The van der Waals surface area contributed by atoms with Gasteiger partial charge in [-0.2, -0.15) is 0 Å². The van der Waals surface area contributed by atoms with Crippen molar-refractivity contribution in [2.75, 3.05) is 39.8 Å². The lowest BCUT2D eigenvalue weighted by Crippen LogP contribution is -2.57. The Morgan fingerprint density at radius 1 is 1.00 bits per heavy atom. The Morgan fingerprint density at radius 2 is 1.83 bits per heavy atom. The predicted molar refractivity (Wildman–Crippen MR) is 140 cm³/mol. The zero-order valence-electron chi connectivity index (χ0n) is 20.2. The van der Waals surface area contributed by atoms with Gasteiger partial charge < -0.3 is 14.5 Å². The fraction of sp³-hybridized carbons (Fsp3) is 0.407. The first-order chi connectivity index (χ1) is 17.0. The average Bonchev–Trinajstić information content (AvgIpc) is 3.56. The van der Waals surface area contributed by atoms with Crippen molar-refractivity contribution in [2.45, 2.75) is 31.8 Å². The van der Waals surface area contributed by atoms with Gasteiger partial charge in [-0.3, -0.25) is 14.5 Å². The van der Waals surface area contributed by atoms with Crippen LogP contribution in [-0.2, 0) is 22.4 Å². The van der Waals surface area contributed by atoms with Crippen molar-refractivity contribution in [3.8, 4) is 5.75 Å². The van der Waals surface area contributed by atoms with Gasteiger partial charge in [0.05, 0.1) is 26.1 Å². The molecule has 2 atom stereocenters. The van der Waals surface area contributed by atoms with Crippen LogP contribution in [0.5, 0.6) is 5.75 Å². The number of piperazine rings is 1. The first-order valence-corrected chi connectivity index (χ1v) is 13.8. The van der Waals surface area contributed by atoms with Gasteiger partial charge in [-0.15, -0.1) is 22.7 Å². The normalized spacial score (nSPS) is 20.5. The van der Waals surface area contributed by atoms with Crippen molar-refractivity contribution in [3.05, 3.63) is 74.1 Å². The predicted octanol–water partition coefficient (Wildman–Crippen LogP) is 4.07. The van der Waals surface area contributed by atoms with E-state index >= 15 is 0 Å². The highest BCUT2D eigenvalue weighted by atomic mass is 32.1. The summed E-state index contributed by atoms with van der Waals surface area (Å²) in [5, 5.41) is 4.15. The highest BCUT2D eigenvalue weighted by Crippen LogP contribution is 2.38. The maximum Gasteiger partial charge on any atom is 0.236 e. The molecule has 2 unspecified atom stereocenters. The number of nitrogens with zero attached hydrogens (tertiary/aromatic N) is 3. The molecule has 0 radical (unpaired) electrons. The number of carbonyl (C=O) groups excluding carboxylic acids is 2. The molecule has 8 heteroatoms. The first kappa shape index (κ1) is 24.0. The number of carbonyl (C=O) groups is 2. The van der Waals surface area contributed by atoms with Crippen LogP contribution in [0, 0.1) is 0 Å². The molecule has 1 aromatic carbocycles. The van der Waals surface area contributed by atoms with Crippen molar-refractivity contribution >= 4 is 34.5 Å². The van der Waals surface area contributed by atoms with Gasteiger partial charge >= 0.3 is 0 Å². The molecule has 5 rings (SSSR count). The lowest BCUT2D eigenvalue weighted by molar-refractivity contribution is -0.143. The quantitative estimate of drug-likeness (QED) is 0.503. The van der Waals surface area contributed by atoms with Crippen LogP contribution >= 0.6 is 22.7 Å². The van der Waals surface area contributed by atoms with E-state index in [2.05, 4.69) is 28.5 Å². The molecule has 1 fully saturated rings. The molecule has 3 aromatic rings. The number of fused-ring (bicyclic) bond motifs is 1. The molecule has 4 heterocycles. The number of methoxy groups -OCH3 is 1. The van der Waals surface area contributed by atoms with E-state index in [1.165, 1.54) is 16.0 Å². The lowest BCUT2D eigenvalue weighted by Gasteiger charge is -2.42. The minimum Gasteiger partial charge on any atom is -0.497 e. The van der Waals surface area contributed by atoms with Gasteiger partial charge in [-0.25, -0.2) is 0 Å². The Hall–Kier alpha value is -2.68. The monoisotopic (exact) mass is 509 g/mol. The standard InChI is InChI=1S/C27H31N3O3S2/c1-19-17-28(12-13-30(19)25(31)16-22-4-3-14-34-22)26(32)18-29-11-9-24-23(10-15-35-24)27(29)20-5-7-21(33-2)8-6-20/h3-8,10,14-15,19,27H,9,11-13,16-18H2,1-2H3. The number of rotatable bonds is 6. The number of hydrogen-bond acceptors (Lipinski definition) is 6. The zero-order valence-corrected chi connectivity index (χ0v) is 21.8. The van der Waals surface area contributed by atoms with Crippen LogP contribution in [0.1, 0.15) is 33.8 Å². The Morgan fingerprint density at radius 3 is 2.54 bits per heavy atom. The fourth-order valence-corrected chi connectivity index (χ4v) is 6.81. The smallest absolute Gasteiger partial charge is 0.236 e. The Balaban J connectivity index is 1.26. The summed E-state index contributed by atoms with van der Waals surface area (Å²) in [6, 6.07) is 14.4. The van der Waals surface area contributed by atoms with Crippen LogP contribution in [0.25, 0.3) is 0 Å². The minimum atomic E-state index is 0.0161. The van der Waals surface area contributed by atoms with Gasteiger partial charge in [0.25, 0.3) is 0 Å². The van der Waals surface area contributed by atoms with Crippen molar-refractivity contribution in [1.82, 2.24) is 14.7 Å². The van der Waals surface area contributed by atoms with Gasteiger partial charge in [0.1, 0.15) is 5.75 Å². The number of ether oxygens (including phenoxy) is 1. The van der Waals surface area contributed by atoms with Gasteiger partial charge in [0, 0.05) is 42.0 Å². The average molecular weight is 510 g/mol. The molecule has 2 aromatic heterocycles. The van der Waals surface area contributed by atoms with Gasteiger partial charge in [-0.1, -0.05) is 18.2 Å². The lowest BCUT2D eigenvalue weighted by atomic mass is 9.93. The molecule has 35 heavy (non-hydrogen) atoms. The molecule has 2 amide bonds. The summed E-state index contributed by atoms with van der Waals surface area (Å²) >= 11 is 3.41. The molecular formula is C27H31N3O3S2. The molecule has 1 saturated heterocycles. The summed E-state index contributed by atoms with van der Waals surface area (Å²) in [6.45, 7) is 5.04. The number of amides is 2. The Bertz CT molecular complexity index is 1160. The summed E-state index contributed by atoms with van der Waals surface area (Å²) in [4.78, 5) is 34.9. The first-order valence-electron chi connectivity index (χ1n) is 12.1.